The van der Waals surface area contributed by atoms with Crippen LogP contribution in [0, 0.1) is 17.0 Å². The maximum Gasteiger partial charge on any atom is 0.411 e. The van der Waals surface area contributed by atoms with Crippen LogP contribution in [0.1, 0.15) is 47.0 Å². The largest absolute Gasteiger partial charge is 0.462 e. The van der Waals surface area contributed by atoms with Gasteiger partial charge in [-0.3, -0.25) is 4.90 Å². The molecule has 3 atom stereocenters. The van der Waals surface area contributed by atoms with Crippen LogP contribution in [-0.4, -0.2) is 75.5 Å². The number of rotatable bonds is 5. The smallest absolute Gasteiger partial charge is 0.411 e. The van der Waals surface area contributed by atoms with Crippen molar-refractivity contribution < 1.29 is 36.9 Å². The van der Waals surface area contributed by atoms with Crippen LogP contribution < -0.4 is 9.64 Å². The first-order valence-electron chi connectivity index (χ1n) is 12.2. The van der Waals surface area contributed by atoms with Gasteiger partial charge in [-0.1, -0.05) is 0 Å². The average Bonchev–Trinajstić information content (AvgIpc) is 3.26. The highest BCUT2D eigenvalue weighted by Crippen LogP contribution is 2.60. The fourth-order valence-corrected chi connectivity index (χ4v) is 5.45. The lowest BCUT2D eigenvalue weighted by atomic mass is 9.97. The molecule has 5 rings (SSSR count). The minimum atomic E-state index is -3.08. The van der Waals surface area contributed by atoms with Gasteiger partial charge in [-0.2, -0.15) is 9.97 Å². The molecule has 37 heavy (non-hydrogen) atoms. The van der Waals surface area contributed by atoms with E-state index in [1.54, 1.807) is 25.7 Å². The average molecular weight is 527 g/mol. The van der Waals surface area contributed by atoms with Crippen LogP contribution in [0.15, 0.2) is 12.1 Å². The molecule has 2 aromatic rings. The zero-order valence-corrected chi connectivity index (χ0v) is 21.2. The quantitative estimate of drug-likeness (QED) is 0.582. The van der Waals surface area contributed by atoms with Crippen molar-refractivity contribution in [2.45, 2.75) is 70.1 Å². The highest BCUT2D eigenvalue weighted by atomic mass is 19.3. The molecule has 1 amide bonds. The van der Waals surface area contributed by atoms with Crippen LogP contribution in [0.2, 0.25) is 0 Å². The molecule has 1 aliphatic carbocycles. The van der Waals surface area contributed by atoms with Crippen molar-refractivity contribution in [1.82, 2.24) is 14.9 Å². The molecule has 3 heterocycles. The second-order valence-electron chi connectivity index (χ2n) is 11.6. The molecular formula is C25H30F4N4O4. The van der Waals surface area contributed by atoms with E-state index < -0.39 is 59.8 Å². The van der Waals surface area contributed by atoms with Gasteiger partial charge in [0.1, 0.15) is 29.4 Å². The molecule has 1 aromatic heterocycles. The van der Waals surface area contributed by atoms with E-state index in [0.29, 0.717) is 32.0 Å². The van der Waals surface area contributed by atoms with Crippen LogP contribution in [0.3, 0.4) is 0 Å². The van der Waals surface area contributed by atoms with Crippen molar-refractivity contribution in [1.29, 1.82) is 0 Å². The Balaban J connectivity index is 1.49. The van der Waals surface area contributed by atoms with E-state index in [1.165, 1.54) is 0 Å². The predicted octanol–water partition coefficient (Wildman–Crippen LogP) is 4.28. The highest BCUT2D eigenvalue weighted by Gasteiger charge is 2.71. The van der Waals surface area contributed by atoms with Crippen LogP contribution in [-0.2, 0) is 4.74 Å². The first kappa shape index (κ1) is 25.7. The summed E-state index contributed by atoms with van der Waals surface area (Å²) in [6.07, 6.45) is 0.431. The summed E-state index contributed by atoms with van der Waals surface area (Å²) in [4.78, 5) is 25.0. The Labute approximate surface area is 211 Å². The van der Waals surface area contributed by atoms with E-state index in [4.69, 9.17) is 9.47 Å². The summed E-state index contributed by atoms with van der Waals surface area (Å²) in [6, 6.07) is 1.21. The van der Waals surface area contributed by atoms with Gasteiger partial charge in [0.15, 0.2) is 5.82 Å². The number of aliphatic hydroxyl groups is 1. The number of amides is 1. The molecule has 1 N–H and O–H groups in total. The van der Waals surface area contributed by atoms with Crippen molar-refractivity contribution in [3.63, 3.8) is 0 Å². The standard InChI is InChI=1S/C25H30F4N4O4/c1-22(2,3)37-21(35)33-15-5-6-23(33,4)11-32(9-15)19-16-7-14(26)8-17(27)18(16)30-20(31-19)36-13-24(12-34)10-25(24,28)29/h7-8,15,34H,5-6,9-13H2,1-4H3/t15-,23-,24-/m1/s1. The fourth-order valence-electron chi connectivity index (χ4n) is 5.45. The number of hydrogen-bond acceptors (Lipinski definition) is 7. The number of benzene rings is 1. The number of carbonyl (C=O) groups is 1. The van der Waals surface area contributed by atoms with Crippen LogP contribution in [0.5, 0.6) is 6.01 Å². The van der Waals surface area contributed by atoms with Crippen LogP contribution in [0.25, 0.3) is 10.9 Å². The molecule has 2 bridgehead atoms. The van der Waals surface area contributed by atoms with E-state index in [-0.39, 0.29) is 28.8 Å². The zero-order valence-electron chi connectivity index (χ0n) is 21.2. The molecule has 2 aliphatic heterocycles. The van der Waals surface area contributed by atoms with Crippen molar-refractivity contribution in [2.75, 3.05) is 31.2 Å². The first-order valence-corrected chi connectivity index (χ1v) is 12.2. The number of alkyl halides is 2. The molecule has 12 heteroatoms. The molecule has 1 saturated carbocycles. The van der Waals surface area contributed by atoms with E-state index in [2.05, 4.69) is 9.97 Å². The number of carbonyl (C=O) groups excluding carboxylic acids is 1. The maximum atomic E-state index is 14.8. The summed E-state index contributed by atoms with van der Waals surface area (Å²) < 4.78 is 67.7. The third-order valence-electron chi connectivity index (χ3n) is 7.48. The molecule has 8 nitrogen and oxygen atoms in total. The van der Waals surface area contributed by atoms with Gasteiger partial charge in [0.25, 0.3) is 5.92 Å². The topological polar surface area (TPSA) is 88.0 Å². The lowest BCUT2D eigenvalue weighted by Crippen LogP contribution is -2.63. The molecule has 3 fully saturated rings. The summed E-state index contributed by atoms with van der Waals surface area (Å²) in [5, 5.41) is 9.56. The Hall–Kier alpha value is -2.89. The lowest BCUT2D eigenvalue weighted by Gasteiger charge is -2.47. The summed E-state index contributed by atoms with van der Waals surface area (Å²) in [6.45, 7) is 6.57. The highest BCUT2D eigenvalue weighted by molar-refractivity contribution is 5.90. The molecular weight excluding hydrogens is 496 g/mol. The van der Waals surface area contributed by atoms with E-state index in [0.717, 1.165) is 6.07 Å². The Bertz CT molecular complexity index is 1260. The second-order valence-corrected chi connectivity index (χ2v) is 11.6. The van der Waals surface area contributed by atoms with E-state index in [9.17, 15) is 27.5 Å². The molecule has 202 valence electrons. The van der Waals surface area contributed by atoms with Gasteiger partial charge in [0, 0.05) is 31.0 Å². The van der Waals surface area contributed by atoms with Gasteiger partial charge in [0.05, 0.1) is 23.6 Å². The zero-order chi connectivity index (χ0) is 27.0. The van der Waals surface area contributed by atoms with Crippen LogP contribution >= 0.6 is 0 Å². The molecule has 0 radical (unpaired) electrons. The third kappa shape index (κ3) is 4.42. The monoisotopic (exact) mass is 526 g/mol. The lowest BCUT2D eigenvalue weighted by molar-refractivity contribution is -0.00295. The van der Waals surface area contributed by atoms with E-state index >= 15 is 0 Å². The SMILES string of the molecule is CC(C)(C)OC(=O)N1[C@@H]2CC[C@]1(C)CN(c1nc(OC[C@]3(CO)CC3(F)F)nc3c(F)cc(F)cc13)C2. The Morgan fingerprint density at radius 3 is 2.54 bits per heavy atom. The third-order valence-corrected chi connectivity index (χ3v) is 7.48. The summed E-state index contributed by atoms with van der Waals surface area (Å²) >= 11 is 0. The number of aliphatic hydroxyl groups excluding tert-OH is 1. The number of nitrogens with zero attached hydrogens (tertiary/aromatic N) is 4. The Morgan fingerprint density at radius 2 is 1.95 bits per heavy atom. The first-order chi connectivity index (χ1) is 17.2. The number of piperazine rings is 1. The molecule has 0 unspecified atom stereocenters. The molecule has 1 aromatic carbocycles. The number of halogens is 4. The molecule has 0 spiro atoms. The van der Waals surface area contributed by atoms with Gasteiger partial charge < -0.3 is 19.5 Å². The molecule has 2 saturated heterocycles. The van der Waals surface area contributed by atoms with Crippen molar-refractivity contribution in [2.24, 2.45) is 5.41 Å². The number of hydrogen-bond donors (Lipinski definition) is 1. The number of anilines is 1. The summed E-state index contributed by atoms with van der Waals surface area (Å²) in [5.74, 6) is -4.66. The minimum Gasteiger partial charge on any atom is -0.462 e. The van der Waals surface area contributed by atoms with Gasteiger partial charge in [0.2, 0.25) is 0 Å². The van der Waals surface area contributed by atoms with Crippen LogP contribution in [0.4, 0.5) is 28.2 Å². The molecule has 3 aliphatic rings. The van der Waals surface area contributed by atoms with Gasteiger partial charge >= 0.3 is 12.1 Å². The van der Waals surface area contributed by atoms with Gasteiger partial charge in [-0.15, -0.1) is 0 Å². The number of fused-ring (bicyclic) bond motifs is 3. The maximum absolute atomic E-state index is 14.8. The number of ether oxygens (including phenoxy) is 2. The Morgan fingerprint density at radius 1 is 1.24 bits per heavy atom. The van der Waals surface area contributed by atoms with Crippen molar-refractivity contribution in [3.8, 4) is 6.01 Å². The van der Waals surface area contributed by atoms with Crippen molar-refractivity contribution >= 4 is 22.8 Å². The predicted molar refractivity (Wildman–Crippen MR) is 126 cm³/mol. The minimum absolute atomic E-state index is 0.104. The normalized spacial score (nSPS) is 28.5. The van der Waals surface area contributed by atoms with Gasteiger partial charge in [-0.25, -0.2) is 22.4 Å². The summed E-state index contributed by atoms with van der Waals surface area (Å²) in [5.41, 5.74) is -3.25. The van der Waals surface area contributed by atoms with E-state index in [1.807, 2.05) is 11.8 Å². The second kappa shape index (κ2) is 8.31. The Kier molecular flexibility index (Phi) is 5.78. The fraction of sp³-hybridized carbons (Fsp3) is 0.640. The summed E-state index contributed by atoms with van der Waals surface area (Å²) in [7, 11) is 0. The number of aromatic nitrogens is 2. The van der Waals surface area contributed by atoms with Gasteiger partial charge in [-0.05, 0) is 46.6 Å². The van der Waals surface area contributed by atoms with Crippen molar-refractivity contribution in [3.05, 3.63) is 23.8 Å².